The molecule has 0 saturated carbocycles. The molecule has 3 atom stereocenters. The Bertz CT molecular complexity index is 2010. The quantitative estimate of drug-likeness (QED) is 0.218. The average molecular weight is 702 g/mol. The predicted molar refractivity (Wildman–Crippen MR) is 176 cm³/mol. The molecular weight excluding hydrogens is 675 g/mol. The van der Waals surface area contributed by atoms with E-state index >= 15 is 0 Å². The molecule has 0 saturated heterocycles. The van der Waals surface area contributed by atoms with Gasteiger partial charge in [-0.15, -0.1) is 5.10 Å². The first-order chi connectivity index (χ1) is 22.1. The number of aliphatic imine (C=N–C) groups is 1. The number of rotatable bonds is 8. The molecule has 3 aromatic carbocycles. The van der Waals surface area contributed by atoms with Gasteiger partial charge in [0.2, 0.25) is 10.0 Å². The maximum atomic E-state index is 14.4. The Kier molecular flexibility index (Phi) is 9.08. The third-order valence-corrected chi connectivity index (χ3v) is 10.1. The molecule has 238 valence electrons. The monoisotopic (exact) mass is 700 g/mol. The number of amides is 1. The van der Waals surface area contributed by atoms with Crippen LogP contribution in [-0.4, -0.2) is 60.1 Å². The van der Waals surface area contributed by atoms with Crippen LogP contribution in [0.2, 0.25) is 10.0 Å². The van der Waals surface area contributed by atoms with Crippen molar-refractivity contribution in [3.8, 4) is 5.75 Å². The lowest BCUT2D eigenvalue weighted by atomic mass is 9.85. The van der Waals surface area contributed by atoms with Gasteiger partial charge in [0.25, 0.3) is 0 Å². The highest BCUT2D eigenvalue weighted by molar-refractivity contribution is 7.89. The molecule has 2 heterocycles. The average Bonchev–Trinajstić information content (AvgIpc) is 3.64. The van der Waals surface area contributed by atoms with Gasteiger partial charge in [0, 0.05) is 22.0 Å². The van der Waals surface area contributed by atoms with Crippen molar-refractivity contribution in [3.05, 3.63) is 105 Å². The van der Waals surface area contributed by atoms with Crippen LogP contribution in [0.1, 0.15) is 30.5 Å². The zero-order valence-electron chi connectivity index (χ0n) is 24.5. The van der Waals surface area contributed by atoms with E-state index in [1.807, 2.05) is 12.2 Å². The van der Waals surface area contributed by atoms with Crippen molar-refractivity contribution in [2.24, 2.45) is 10.9 Å². The Hall–Kier alpha value is -3.94. The van der Waals surface area contributed by atoms with E-state index in [9.17, 15) is 13.2 Å². The number of benzene rings is 3. The van der Waals surface area contributed by atoms with Crippen LogP contribution in [0.5, 0.6) is 5.75 Å². The van der Waals surface area contributed by atoms with Gasteiger partial charge < -0.3 is 4.74 Å². The first-order valence-corrected chi connectivity index (χ1v) is 16.8. The van der Waals surface area contributed by atoms with Gasteiger partial charge in [-0.2, -0.15) is 0 Å². The van der Waals surface area contributed by atoms with Crippen LogP contribution >= 0.6 is 34.8 Å². The number of nitrogens with one attached hydrogen (secondary N) is 1. The van der Waals surface area contributed by atoms with Crippen LogP contribution in [0.15, 0.2) is 93.8 Å². The molecule has 1 aliphatic carbocycles. The Balaban J connectivity index is 1.56. The van der Waals surface area contributed by atoms with Crippen molar-refractivity contribution in [1.29, 1.82) is 0 Å². The molecule has 2 aliphatic rings. The topological polar surface area (TPSA) is 128 Å². The number of hydrogen-bond donors (Lipinski definition) is 1. The molecule has 1 N–H and O–H groups in total. The van der Waals surface area contributed by atoms with Crippen LogP contribution in [0.25, 0.3) is 11.0 Å². The lowest BCUT2D eigenvalue weighted by molar-refractivity contribution is 0.0888. The van der Waals surface area contributed by atoms with Crippen LogP contribution in [-0.2, 0) is 10.0 Å². The molecule has 1 amide bonds. The van der Waals surface area contributed by atoms with Gasteiger partial charge in [-0.25, -0.2) is 22.8 Å². The Morgan fingerprint density at radius 3 is 2.54 bits per heavy atom. The first-order valence-electron chi connectivity index (χ1n) is 14.2. The van der Waals surface area contributed by atoms with E-state index in [1.165, 1.54) is 24.1 Å². The van der Waals surface area contributed by atoms with E-state index < -0.39 is 28.2 Å². The summed E-state index contributed by atoms with van der Waals surface area (Å²) in [6.45, 7) is 2.00. The Labute approximate surface area is 280 Å². The fourth-order valence-electron chi connectivity index (χ4n) is 5.49. The van der Waals surface area contributed by atoms with Gasteiger partial charge in [-0.05, 0) is 67.6 Å². The summed E-state index contributed by atoms with van der Waals surface area (Å²) in [5, 5.41) is 9.15. The van der Waals surface area contributed by atoms with E-state index in [0.29, 0.717) is 33.1 Å². The summed E-state index contributed by atoms with van der Waals surface area (Å²) in [6, 6.07) is 15.5. The van der Waals surface area contributed by atoms with Gasteiger partial charge in [0.05, 0.1) is 29.3 Å². The van der Waals surface area contributed by atoms with Crippen LogP contribution < -0.4 is 14.3 Å². The summed E-state index contributed by atoms with van der Waals surface area (Å²) in [6.07, 6.45) is 5.31. The van der Waals surface area contributed by atoms with E-state index in [1.54, 1.807) is 61.5 Å². The fraction of sp³-hybridized carbons (Fsp3) is 0.226. The number of allylic oxidation sites excluding steroid dienone is 3. The minimum atomic E-state index is -4.02. The van der Waals surface area contributed by atoms with E-state index in [-0.39, 0.29) is 39.6 Å². The van der Waals surface area contributed by atoms with E-state index in [0.717, 1.165) is 4.85 Å². The first kappa shape index (κ1) is 32.0. The third-order valence-electron chi connectivity index (χ3n) is 7.65. The number of ether oxygens (including phenoxy) is 1. The summed E-state index contributed by atoms with van der Waals surface area (Å²) in [5.74, 6) is 0.135. The zero-order valence-corrected chi connectivity index (χ0v) is 27.6. The van der Waals surface area contributed by atoms with Crippen LogP contribution in [0.3, 0.4) is 0 Å². The second kappa shape index (κ2) is 13.0. The van der Waals surface area contributed by atoms with Gasteiger partial charge in [-0.1, -0.05) is 76.1 Å². The molecular formula is C31H27Cl3N6O5S. The smallest absolute Gasteiger partial charge is 0.442 e. The number of fused-ring (bicyclic) bond motifs is 1. The van der Waals surface area contributed by atoms with Gasteiger partial charge in [0.15, 0.2) is 0 Å². The molecule has 0 bridgehead atoms. The standard InChI is InChI=1S/C31H27Cl3N6O5S/c1-3-44-26-17-23(34)27(46(42,43)35-2)16-22(26)30-36-28(18-8-12-20(32)13-9-18)29(19-10-14-21(33)15-11-19)39(30)31(41)45-40-25-7-5-4-6-24(25)37-38-40/h4-8,10-18,28-29,35H,3,9H2,1-2H3/t18?,28-,29+/m0/s1. The highest BCUT2D eigenvalue weighted by Gasteiger charge is 2.46. The SMILES string of the molecule is CCOc1cc(Cl)c(S(=O)(=O)NC)cc1C1=N[C@@H](C2C=CC(Cl)=CC2)[C@@H](c2ccc(Cl)cc2)N1C(=O)On1nnc2ccccc21. The van der Waals surface area contributed by atoms with Gasteiger partial charge >= 0.3 is 6.09 Å². The van der Waals surface area contributed by atoms with Crippen molar-refractivity contribution in [2.75, 3.05) is 13.7 Å². The Morgan fingerprint density at radius 1 is 1.09 bits per heavy atom. The zero-order chi connectivity index (χ0) is 32.6. The minimum absolute atomic E-state index is 0.0656. The molecule has 6 rings (SSSR count). The maximum absolute atomic E-state index is 14.4. The van der Waals surface area contributed by atoms with Crippen molar-refractivity contribution >= 4 is 67.8 Å². The molecule has 1 unspecified atom stereocenters. The molecule has 46 heavy (non-hydrogen) atoms. The molecule has 15 heteroatoms. The number of halogens is 3. The summed E-state index contributed by atoms with van der Waals surface area (Å²) in [5.41, 5.74) is 1.91. The van der Waals surface area contributed by atoms with Crippen LogP contribution in [0, 0.1) is 5.92 Å². The second-order valence-corrected chi connectivity index (χ2v) is 13.5. The maximum Gasteiger partial charge on any atom is 0.442 e. The number of amidine groups is 1. The second-order valence-electron chi connectivity index (χ2n) is 10.4. The molecule has 11 nitrogen and oxygen atoms in total. The Morgan fingerprint density at radius 2 is 1.85 bits per heavy atom. The number of carbonyl (C=O) groups is 1. The number of nitrogens with zero attached hydrogens (tertiary/aromatic N) is 5. The molecule has 0 spiro atoms. The number of carbonyl (C=O) groups excluding carboxylic acids is 1. The normalized spacial score (nSPS) is 19.7. The van der Waals surface area contributed by atoms with Crippen molar-refractivity contribution in [1.82, 2.24) is 24.8 Å². The van der Waals surface area contributed by atoms with Gasteiger partial charge in [-0.3, -0.25) is 9.83 Å². The molecule has 0 fully saturated rings. The number of sulfonamides is 1. The predicted octanol–water partition coefficient (Wildman–Crippen LogP) is 6.16. The van der Waals surface area contributed by atoms with Crippen molar-refractivity contribution < 1.29 is 22.8 Å². The third kappa shape index (κ3) is 6.10. The summed E-state index contributed by atoms with van der Waals surface area (Å²) < 4.78 is 34.3. The minimum Gasteiger partial charge on any atom is -0.493 e. The molecule has 4 aromatic rings. The van der Waals surface area contributed by atoms with Crippen molar-refractivity contribution in [3.63, 3.8) is 0 Å². The van der Waals surface area contributed by atoms with Crippen LogP contribution in [0.4, 0.5) is 4.79 Å². The summed E-state index contributed by atoms with van der Waals surface area (Å²) in [7, 11) is -2.74. The largest absolute Gasteiger partial charge is 0.493 e. The summed E-state index contributed by atoms with van der Waals surface area (Å²) >= 11 is 19.0. The molecule has 1 aromatic heterocycles. The fourth-order valence-corrected chi connectivity index (χ4v) is 7.05. The lowest BCUT2D eigenvalue weighted by Gasteiger charge is -2.31. The highest BCUT2D eigenvalue weighted by Crippen LogP contribution is 2.43. The summed E-state index contributed by atoms with van der Waals surface area (Å²) in [4.78, 5) is 27.6. The number of aromatic nitrogens is 3. The van der Waals surface area contributed by atoms with E-state index in [4.69, 9.17) is 49.4 Å². The van der Waals surface area contributed by atoms with Crippen molar-refractivity contribution in [2.45, 2.75) is 30.3 Å². The van der Waals surface area contributed by atoms with E-state index in [2.05, 4.69) is 15.0 Å². The number of para-hydroxylation sites is 1. The highest BCUT2D eigenvalue weighted by atomic mass is 35.5. The molecule has 1 aliphatic heterocycles. The lowest BCUT2D eigenvalue weighted by Crippen LogP contribution is -2.44. The molecule has 0 radical (unpaired) electrons. The number of hydrogen-bond acceptors (Lipinski definition) is 8. The van der Waals surface area contributed by atoms with Gasteiger partial charge in [0.1, 0.15) is 27.5 Å².